The predicted molar refractivity (Wildman–Crippen MR) is 76.6 cm³/mol. The van der Waals surface area contributed by atoms with Crippen LogP contribution in [0, 0.1) is 0 Å². The molecule has 0 radical (unpaired) electrons. The van der Waals surface area contributed by atoms with E-state index >= 15 is 0 Å². The van der Waals surface area contributed by atoms with Gasteiger partial charge in [0.1, 0.15) is 7.14 Å². The van der Waals surface area contributed by atoms with Crippen molar-refractivity contribution in [3.8, 4) is 0 Å². The van der Waals surface area contributed by atoms with Crippen LogP contribution in [0.25, 0.3) is 0 Å². The second kappa shape index (κ2) is 5.51. The fourth-order valence-electron chi connectivity index (χ4n) is 2.01. The highest BCUT2D eigenvalue weighted by Crippen LogP contribution is 2.53. The van der Waals surface area contributed by atoms with E-state index in [1.165, 1.54) is 5.56 Å². The number of benzene rings is 1. The first-order valence-corrected chi connectivity index (χ1v) is 8.64. The van der Waals surface area contributed by atoms with Gasteiger partial charge in [-0.15, -0.1) is 0 Å². The highest BCUT2D eigenvalue weighted by atomic mass is 79.9. The van der Waals surface area contributed by atoms with Gasteiger partial charge in [-0.3, -0.25) is 0 Å². The first-order valence-electron chi connectivity index (χ1n) is 5.67. The zero-order valence-electron chi connectivity index (χ0n) is 10.4. The summed E-state index contributed by atoms with van der Waals surface area (Å²) >= 11 is 3.42. The van der Waals surface area contributed by atoms with Crippen LogP contribution in [0.3, 0.4) is 0 Å². The summed E-state index contributed by atoms with van der Waals surface area (Å²) < 4.78 is 13.0. The molecule has 0 N–H and O–H groups in total. The Balaban J connectivity index is 3.18. The van der Waals surface area contributed by atoms with Crippen molar-refractivity contribution in [2.24, 2.45) is 0 Å². The molecule has 0 spiro atoms. The topological polar surface area (TPSA) is 17.1 Å². The van der Waals surface area contributed by atoms with E-state index in [0.29, 0.717) is 0 Å². The van der Waals surface area contributed by atoms with Crippen LogP contribution >= 0.6 is 23.1 Å². The van der Waals surface area contributed by atoms with E-state index in [1.54, 1.807) is 0 Å². The van der Waals surface area contributed by atoms with Gasteiger partial charge in [0.05, 0.1) is 0 Å². The fraction of sp³-hybridized carbons (Fsp3) is 0.538. The fourth-order valence-corrected chi connectivity index (χ4v) is 5.38. The van der Waals surface area contributed by atoms with Crippen LogP contribution in [0.5, 0.6) is 0 Å². The second-order valence-corrected chi connectivity index (χ2v) is 9.26. The molecule has 0 aliphatic heterocycles. The Morgan fingerprint density at radius 1 is 1.06 bits per heavy atom. The van der Waals surface area contributed by atoms with Gasteiger partial charge in [0.25, 0.3) is 0 Å². The third-order valence-electron chi connectivity index (χ3n) is 3.03. The van der Waals surface area contributed by atoms with E-state index in [0.717, 1.165) is 10.6 Å². The van der Waals surface area contributed by atoms with Gasteiger partial charge in [0, 0.05) is 22.0 Å². The quantitative estimate of drug-likeness (QED) is 0.595. The Morgan fingerprint density at radius 2 is 1.50 bits per heavy atom. The average molecular weight is 303 g/mol. The van der Waals surface area contributed by atoms with Crippen molar-refractivity contribution < 1.29 is 4.57 Å². The summed E-state index contributed by atoms with van der Waals surface area (Å²) in [7, 11) is -2.26. The lowest BCUT2D eigenvalue weighted by Gasteiger charge is -2.26. The smallest absolute Gasteiger partial charge is 0.120 e. The molecule has 0 saturated carbocycles. The maximum absolute atomic E-state index is 13.0. The van der Waals surface area contributed by atoms with E-state index in [2.05, 4.69) is 55.8 Å². The molecule has 0 unspecified atom stereocenters. The monoisotopic (exact) mass is 302 g/mol. The summed E-state index contributed by atoms with van der Waals surface area (Å²) in [4.78, 5) is 0. The van der Waals surface area contributed by atoms with Crippen LogP contribution in [0.1, 0.15) is 33.3 Å². The molecule has 1 aromatic rings. The van der Waals surface area contributed by atoms with Gasteiger partial charge in [-0.2, -0.15) is 0 Å². The zero-order chi connectivity index (χ0) is 12.3. The average Bonchev–Trinajstić information content (AvgIpc) is 2.27. The molecular formula is C13H20BrOP. The maximum atomic E-state index is 13.0. The van der Waals surface area contributed by atoms with Crippen molar-refractivity contribution in [3.05, 3.63) is 29.8 Å². The van der Waals surface area contributed by atoms with Gasteiger partial charge in [-0.05, 0) is 5.56 Å². The third kappa shape index (κ3) is 2.60. The SMILES string of the molecule is CC(C)P(=O)(c1ccc(CBr)cc1)C(C)C. The molecule has 0 bridgehead atoms. The molecule has 16 heavy (non-hydrogen) atoms. The van der Waals surface area contributed by atoms with Crippen molar-refractivity contribution in [1.82, 2.24) is 0 Å². The highest BCUT2D eigenvalue weighted by molar-refractivity contribution is 9.08. The van der Waals surface area contributed by atoms with Crippen LogP contribution < -0.4 is 5.30 Å². The first kappa shape index (κ1) is 14.0. The third-order valence-corrected chi connectivity index (χ3v) is 7.85. The molecular weight excluding hydrogens is 283 g/mol. The molecule has 0 aliphatic carbocycles. The summed E-state index contributed by atoms with van der Waals surface area (Å²) in [5.41, 5.74) is 1.65. The van der Waals surface area contributed by atoms with Crippen molar-refractivity contribution in [2.45, 2.75) is 44.3 Å². The number of hydrogen-bond donors (Lipinski definition) is 0. The van der Waals surface area contributed by atoms with E-state index in [9.17, 15) is 4.57 Å². The molecule has 1 aromatic carbocycles. The molecule has 0 amide bonds. The Kier molecular flexibility index (Phi) is 4.82. The molecule has 0 heterocycles. The van der Waals surface area contributed by atoms with E-state index in [1.807, 2.05) is 12.1 Å². The van der Waals surface area contributed by atoms with E-state index in [-0.39, 0.29) is 11.3 Å². The predicted octanol–water partition coefficient (Wildman–Crippen LogP) is 4.39. The maximum Gasteiger partial charge on any atom is 0.120 e. The summed E-state index contributed by atoms with van der Waals surface area (Å²) in [6, 6.07) is 8.16. The molecule has 0 fully saturated rings. The lowest BCUT2D eigenvalue weighted by Crippen LogP contribution is -2.19. The zero-order valence-corrected chi connectivity index (χ0v) is 12.9. The largest absolute Gasteiger partial charge is 0.318 e. The van der Waals surface area contributed by atoms with Gasteiger partial charge in [0.15, 0.2) is 0 Å². The lowest BCUT2D eigenvalue weighted by atomic mass is 10.2. The van der Waals surface area contributed by atoms with E-state index < -0.39 is 7.14 Å². The molecule has 0 saturated heterocycles. The number of rotatable bonds is 4. The van der Waals surface area contributed by atoms with Gasteiger partial charge in [-0.1, -0.05) is 67.9 Å². The molecule has 0 aromatic heterocycles. The normalized spacial score (nSPS) is 12.4. The number of alkyl halides is 1. The van der Waals surface area contributed by atoms with Gasteiger partial charge < -0.3 is 4.57 Å². The second-order valence-electron chi connectivity index (χ2n) is 4.70. The minimum Gasteiger partial charge on any atom is -0.318 e. The number of hydrogen-bond acceptors (Lipinski definition) is 1. The van der Waals surface area contributed by atoms with Gasteiger partial charge in [0.2, 0.25) is 0 Å². The first-order chi connectivity index (χ1) is 7.42. The summed E-state index contributed by atoms with van der Waals surface area (Å²) in [6.45, 7) is 8.22. The van der Waals surface area contributed by atoms with Gasteiger partial charge in [-0.25, -0.2) is 0 Å². The van der Waals surface area contributed by atoms with Crippen molar-refractivity contribution in [3.63, 3.8) is 0 Å². The minimum atomic E-state index is -2.26. The summed E-state index contributed by atoms with van der Waals surface area (Å²) in [6.07, 6.45) is 0. The molecule has 0 aliphatic rings. The Hall–Kier alpha value is -0.0700. The van der Waals surface area contributed by atoms with Crippen LogP contribution in [0.4, 0.5) is 0 Å². The Labute approximate surface area is 107 Å². The summed E-state index contributed by atoms with van der Waals surface area (Å²) in [5.74, 6) is 0. The Bertz CT molecular complexity index is 369. The van der Waals surface area contributed by atoms with Crippen LogP contribution in [0.15, 0.2) is 24.3 Å². The van der Waals surface area contributed by atoms with Crippen molar-refractivity contribution in [1.29, 1.82) is 0 Å². The van der Waals surface area contributed by atoms with Crippen molar-refractivity contribution >= 4 is 28.4 Å². The molecule has 0 atom stereocenters. The molecule has 90 valence electrons. The van der Waals surface area contributed by atoms with Crippen molar-refractivity contribution in [2.75, 3.05) is 0 Å². The van der Waals surface area contributed by atoms with Crippen LogP contribution in [-0.4, -0.2) is 11.3 Å². The van der Waals surface area contributed by atoms with Gasteiger partial charge >= 0.3 is 0 Å². The molecule has 1 rings (SSSR count). The minimum absolute atomic E-state index is 0.210. The van der Waals surface area contributed by atoms with Crippen LogP contribution in [0.2, 0.25) is 0 Å². The molecule has 1 nitrogen and oxygen atoms in total. The van der Waals surface area contributed by atoms with E-state index in [4.69, 9.17) is 0 Å². The Morgan fingerprint density at radius 3 is 1.81 bits per heavy atom. The standard InChI is InChI=1S/C13H20BrOP/c1-10(2)16(15,11(3)4)13-7-5-12(9-14)6-8-13/h5-8,10-11H,9H2,1-4H3. The lowest BCUT2D eigenvalue weighted by molar-refractivity contribution is 0.569. The number of halogens is 1. The summed E-state index contributed by atoms with van der Waals surface area (Å²) in [5, 5.41) is 1.86. The molecule has 3 heteroatoms. The highest BCUT2D eigenvalue weighted by Gasteiger charge is 2.32. The van der Waals surface area contributed by atoms with Crippen LogP contribution in [-0.2, 0) is 9.90 Å².